The number of hydrogen-bond acceptors (Lipinski definition) is 3. The SMILES string of the molecule is N#CCNC(=O)c1ccccc1.O=C1CCCC1. The molecule has 4 heteroatoms. The van der Waals surface area contributed by atoms with Crippen LogP contribution in [-0.4, -0.2) is 18.2 Å². The highest BCUT2D eigenvalue weighted by Gasteiger charge is 2.07. The van der Waals surface area contributed by atoms with Crippen LogP contribution >= 0.6 is 0 Å². The van der Waals surface area contributed by atoms with Crippen molar-refractivity contribution in [1.29, 1.82) is 5.26 Å². The molecule has 2 rings (SSSR count). The van der Waals surface area contributed by atoms with E-state index in [0.717, 1.165) is 25.7 Å². The van der Waals surface area contributed by atoms with Gasteiger partial charge in [0.05, 0.1) is 6.07 Å². The Labute approximate surface area is 107 Å². The number of hydrogen-bond donors (Lipinski definition) is 1. The average Bonchev–Trinajstić information content (AvgIpc) is 2.89. The second-order valence-electron chi connectivity index (χ2n) is 3.95. The maximum atomic E-state index is 11.1. The Morgan fingerprint density at radius 3 is 2.28 bits per heavy atom. The number of carbonyl (C=O) groups is 2. The largest absolute Gasteiger partial charge is 0.339 e. The predicted octanol–water partition coefficient (Wildman–Crippen LogP) is 2.07. The zero-order valence-electron chi connectivity index (χ0n) is 10.2. The van der Waals surface area contributed by atoms with Gasteiger partial charge in [-0.15, -0.1) is 0 Å². The molecule has 1 aliphatic rings. The average molecular weight is 244 g/mol. The van der Waals surface area contributed by atoms with Crippen molar-refractivity contribution in [3.05, 3.63) is 35.9 Å². The van der Waals surface area contributed by atoms with E-state index < -0.39 is 0 Å². The van der Waals surface area contributed by atoms with E-state index in [4.69, 9.17) is 5.26 Å². The molecular weight excluding hydrogens is 228 g/mol. The van der Waals surface area contributed by atoms with E-state index in [1.807, 2.05) is 12.1 Å². The summed E-state index contributed by atoms with van der Waals surface area (Å²) in [5, 5.41) is 10.6. The van der Waals surface area contributed by atoms with Crippen LogP contribution in [0.25, 0.3) is 0 Å². The second kappa shape index (κ2) is 8.02. The summed E-state index contributed by atoms with van der Waals surface area (Å²) < 4.78 is 0. The highest BCUT2D eigenvalue weighted by Crippen LogP contribution is 2.11. The number of carbonyl (C=O) groups excluding carboxylic acids is 2. The maximum Gasteiger partial charge on any atom is 0.252 e. The van der Waals surface area contributed by atoms with Crippen molar-refractivity contribution in [1.82, 2.24) is 5.32 Å². The molecule has 18 heavy (non-hydrogen) atoms. The number of Topliss-reactive ketones (excluding diaryl/α,β-unsaturated/α-hetero) is 1. The summed E-state index contributed by atoms with van der Waals surface area (Å²) in [7, 11) is 0. The smallest absolute Gasteiger partial charge is 0.252 e. The quantitative estimate of drug-likeness (QED) is 0.809. The molecule has 0 bridgehead atoms. The molecule has 1 aliphatic carbocycles. The van der Waals surface area contributed by atoms with Crippen molar-refractivity contribution in [2.75, 3.05) is 6.54 Å². The van der Waals surface area contributed by atoms with Gasteiger partial charge in [-0.3, -0.25) is 9.59 Å². The molecule has 0 spiro atoms. The lowest BCUT2D eigenvalue weighted by molar-refractivity contribution is -0.117. The van der Waals surface area contributed by atoms with Gasteiger partial charge >= 0.3 is 0 Å². The zero-order chi connectivity index (χ0) is 13.2. The molecule has 0 aromatic heterocycles. The number of benzene rings is 1. The predicted molar refractivity (Wildman–Crippen MR) is 67.9 cm³/mol. The van der Waals surface area contributed by atoms with E-state index in [0.29, 0.717) is 11.3 Å². The molecule has 94 valence electrons. The summed E-state index contributed by atoms with van der Waals surface area (Å²) in [4.78, 5) is 21.4. The number of nitriles is 1. The second-order valence-corrected chi connectivity index (χ2v) is 3.95. The molecule has 0 saturated heterocycles. The van der Waals surface area contributed by atoms with Crippen molar-refractivity contribution >= 4 is 11.7 Å². The fourth-order valence-electron chi connectivity index (χ4n) is 1.58. The lowest BCUT2D eigenvalue weighted by Crippen LogP contribution is -2.23. The Morgan fingerprint density at radius 2 is 1.83 bits per heavy atom. The summed E-state index contributed by atoms with van der Waals surface area (Å²) in [6, 6.07) is 10.6. The van der Waals surface area contributed by atoms with Gasteiger partial charge in [0, 0.05) is 18.4 Å². The van der Waals surface area contributed by atoms with Gasteiger partial charge in [-0.05, 0) is 25.0 Å². The van der Waals surface area contributed by atoms with Crippen LogP contribution in [0.4, 0.5) is 0 Å². The van der Waals surface area contributed by atoms with Crippen LogP contribution < -0.4 is 5.32 Å². The number of amides is 1. The van der Waals surface area contributed by atoms with Crippen LogP contribution in [0.3, 0.4) is 0 Å². The van der Waals surface area contributed by atoms with Crippen molar-refractivity contribution in [3.63, 3.8) is 0 Å². The van der Waals surface area contributed by atoms with Gasteiger partial charge in [0.2, 0.25) is 0 Å². The highest BCUT2D eigenvalue weighted by atomic mass is 16.1. The third-order valence-electron chi connectivity index (χ3n) is 2.53. The minimum absolute atomic E-state index is 0.0493. The summed E-state index contributed by atoms with van der Waals surface area (Å²) in [5.74, 6) is 0.243. The molecule has 1 saturated carbocycles. The first-order chi connectivity index (χ1) is 8.74. The van der Waals surface area contributed by atoms with Crippen molar-refractivity contribution < 1.29 is 9.59 Å². The number of rotatable bonds is 2. The third-order valence-corrected chi connectivity index (χ3v) is 2.53. The molecule has 0 unspecified atom stereocenters. The minimum Gasteiger partial charge on any atom is -0.339 e. The Balaban J connectivity index is 0.000000225. The molecule has 1 amide bonds. The summed E-state index contributed by atoms with van der Waals surface area (Å²) in [5.41, 5.74) is 0.577. The van der Waals surface area contributed by atoms with E-state index in [-0.39, 0.29) is 12.5 Å². The molecule has 0 aliphatic heterocycles. The van der Waals surface area contributed by atoms with Gasteiger partial charge in [0.25, 0.3) is 5.91 Å². The molecule has 1 aromatic rings. The minimum atomic E-state index is -0.211. The van der Waals surface area contributed by atoms with Crippen LogP contribution in [0.15, 0.2) is 30.3 Å². The summed E-state index contributed by atoms with van der Waals surface area (Å²) in [6.45, 7) is 0.0493. The van der Waals surface area contributed by atoms with E-state index in [9.17, 15) is 9.59 Å². The number of nitrogens with zero attached hydrogens (tertiary/aromatic N) is 1. The summed E-state index contributed by atoms with van der Waals surface area (Å²) >= 11 is 0. The highest BCUT2D eigenvalue weighted by molar-refractivity contribution is 5.94. The van der Waals surface area contributed by atoms with Crippen molar-refractivity contribution in [2.45, 2.75) is 25.7 Å². The first-order valence-corrected chi connectivity index (χ1v) is 5.96. The molecular formula is C14H16N2O2. The Kier molecular flexibility index (Phi) is 6.20. The molecule has 4 nitrogen and oxygen atoms in total. The van der Waals surface area contributed by atoms with E-state index in [2.05, 4.69) is 5.32 Å². The van der Waals surface area contributed by atoms with Gasteiger partial charge < -0.3 is 5.32 Å². The van der Waals surface area contributed by atoms with E-state index in [1.54, 1.807) is 24.3 Å². The normalized spacial score (nSPS) is 13.2. The maximum absolute atomic E-state index is 11.1. The Hall–Kier alpha value is -2.15. The molecule has 0 atom stereocenters. The fraction of sp³-hybridized carbons (Fsp3) is 0.357. The lowest BCUT2D eigenvalue weighted by atomic mass is 10.2. The van der Waals surface area contributed by atoms with Crippen LogP contribution in [0.2, 0.25) is 0 Å². The topological polar surface area (TPSA) is 70.0 Å². The van der Waals surface area contributed by atoms with Crippen LogP contribution in [0.5, 0.6) is 0 Å². The standard InChI is InChI=1S/C9H8N2O.C5H8O/c10-6-7-11-9(12)8-4-2-1-3-5-8;6-5-3-1-2-4-5/h1-5H,7H2,(H,11,12);1-4H2. The molecule has 0 radical (unpaired) electrons. The van der Waals surface area contributed by atoms with E-state index in [1.165, 1.54) is 0 Å². The Bertz CT molecular complexity index is 427. The van der Waals surface area contributed by atoms with E-state index >= 15 is 0 Å². The fourth-order valence-corrected chi connectivity index (χ4v) is 1.58. The monoisotopic (exact) mass is 244 g/mol. The molecule has 0 heterocycles. The molecule has 1 aromatic carbocycles. The zero-order valence-corrected chi connectivity index (χ0v) is 10.2. The van der Waals surface area contributed by atoms with Crippen LogP contribution in [0.1, 0.15) is 36.0 Å². The van der Waals surface area contributed by atoms with Gasteiger partial charge in [-0.2, -0.15) is 5.26 Å². The first kappa shape index (κ1) is 13.9. The molecule has 1 fully saturated rings. The van der Waals surface area contributed by atoms with Crippen LogP contribution in [0, 0.1) is 11.3 Å². The summed E-state index contributed by atoms with van der Waals surface area (Å²) in [6.07, 6.45) is 3.97. The third kappa shape index (κ3) is 5.26. The van der Waals surface area contributed by atoms with Crippen molar-refractivity contribution in [2.24, 2.45) is 0 Å². The van der Waals surface area contributed by atoms with Gasteiger partial charge in [-0.25, -0.2) is 0 Å². The first-order valence-electron chi connectivity index (χ1n) is 5.96. The van der Waals surface area contributed by atoms with Gasteiger partial charge in [0.1, 0.15) is 12.3 Å². The number of ketones is 1. The van der Waals surface area contributed by atoms with Gasteiger partial charge in [-0.1, -0.05) is 18.2 Å². The number of nitrogens with one attached hydrogen (secondary N) is 1. The van der Waals surface area contributed by atoms with Crippen molar-refractivity contribution in [3.8, 4) is 6.07 Å². The molecule has 1 N–H and O–H groups in total. The Morgan fingerprint density at radius 1 is 1.22 bits per heavy atom. The van der Waals surface area contributed by atoms with Gasteiger partial charge in [0.15, 0.2) is 0 Å². The lowest BCUT2D eigenvalue weighted by Gasteiger charge is -1.98. The van der Waals surface area contributed by atoms with Crippen LogP contribution in [-0.2, 0) is 4.79 Å².